The third-order valence-electron chi connectivity index (χ3n) is 8.95. The van der Waals surface area contributed by atoms with Crippen molar-refractivity contribution in [2.45, 2.75) is 57.5 Å². The number of benzene rings is 1. The van der Waals surface area contributed by atoms with E-state index in [-0.39, 0.29) is 12.0 Å². The van der Waals surface area contributed by atoms with Crippen molar-refractivity contribution >= 4 is 11.8 Å². The van der Waals surface area contributed by atoms with Crippen LogP contribution < -0.4 is 15.4 Å². The van der Waals surface area contributed by atoms with E-state index in [0.29, 0.717) is 29.9 Å². The lowest BCUT2D eigenvalue weighted by Crippen LogP contribution is -2.60. The Kier molecular flexibility index (Phi) is 7.82. The third-order valence-corrected chi connectivity index (χ3v) is 8.95. The molecule has 0 radical (unpaired) electrons. The molecule has 2 unspecified atom stereocenters. The van der Waals surface area contributed by atoms with Gasteiger partial charge in [-0.2, -0.15) is 10.2 Å². The number of nitriles is 1. The number of aliphatic hydroxyl groups is 1. The van der Waals surface area contributed by atoms with Gasteiger partial charge in [0.2, 0.25) is 5.95 Å². The van der Waals surface area contributed by atoms with Gasteiger partial charge in [-0.15, -0.1) is 0 Å². The van der Waals surface area contributed by atoms with Crippen molar-refractivity contribution in [1.29, 1.82) is 5.26 Å². The quantitative estimate of drug-likeness (QED) is 0.368. The van der Waals surface area contributed by atoms with Crippen LogP contribution in [0.4, 0.5) is 11.8 Å². The molecule has 0 aliphatic heterocycles. The molecule has 4 bridgehead atoms. The molecule has 1 aromatic heterocycles. The second-order valence-electron chi connectivity index (χ2n) is 11.5. The molecule has 0 spiro atoms. The largest absolute Gasteiger partial charge is 0.496 e. The Hall–Kier alpha value is -2.89. The first-order valence-electron chi connectivity index (χ1n) is 13.7. The Labute approximate surface area is 220 Å². The molecule has 37 heavy (non-hydrogen) atoms. The average Bonchev–Trinajstić information content (AvgIpc) is 2.90. The van der Waals surface area contributed by atoms with Gasteiger partial charge in [-0.1, -0.05) is 18.2 Å². The van der Waals surface area contributed by atoms with E-state index in [9.17, 15) is 10.4 Å². The van der Waals surface area contributed by atoms with Gasteiger partial charge in [0.05, 0.1) is 13.3 Å². The Morgan fingerprint density at radius 3 is 2.68 bits per heavy atom. The Morgan fingerprint density at radius 1 is 1.16 bits per heavy atom. The monoisotopic (exact) mass is 504 g/mol. The van der Waals surface area contributed by atoms with Gasteiger partial charge in [0.1, 0.15) is 23.2 Å². The third kappa shape index (κ3) is 5.53. The van der Waals surface area contributed by atoms with Crippen LogP contribution in [0.2, 0.25) is 0 Å². The summed E-state index contributed by atoms with van der Waals surface area (Å²) >= 11 is 0. The number of hydrogen-bond donors (Lipinski definition) is 3. The van der Waals surface area contributed by atoms with Gasteiger partial charge in [-0.3, -0.25) is 0 Å². The predicted octanol–water partition coefficient (Wildman–Crippen LogP) is 4.28. The summed E-state index contributed by atoms with van der Waals surface area (Å²) in [5, 5.41) is 25.8. The highest BCUT2D eigenvalue weighted by Gasteiger charge is 2.55. The van der Waals surface area contributed by atoms with Crippen molar-refractivity contribution in [3.8, 4) is 11.8 Å². The van der Waals surface area contributed by atoms with Gasteiger partial charge in [0.25, 0.3) is 0 Å². The molecule has 2 aromatic rings. The minimum absolute atomic E-state index is 0.279. The van der Waals surface area contributed by atoms with Crippen LogP contribution in [-0.4, -0.2) is 59.9 Å². The molecule has 1 aromatic carbocycles. The molecule has 4 saturated carbocycles. The second kappa shape index (κ2) is 11.2. The minimum Gasteiger partial charge on any atom is -0.496 e. The standard InChI is InChI=1S/C29H40N6O2/c1-35(9-5-6-10-36)26-22-11-20-12-23(26)15-29(13-20,14-22)19-33-27-24(16-30)18-32-28(34-27)31-17-21-7-3-4-8-25(21)37-2/h3-4,7-8,18,20,22-23,26,36H,5-6,9-15,17,19H2,1-2H3,(H2,31,32,33,34)/t20?,22-,23+,26-,29?. The lowest BCUT2D eigenvalue weighted by molar-refractivity contribution is -0.101. The van der Waals surface area contributed by atoms with Crippen molar-refractivity contribution in [1.82, 2.24) is 14.9 Å². The summed E-state index contributed by atoms with van der Waals surface area (Å²) in [5.74, 6) is 4.24. The zero-order valence-corrected chi connectivity index (χ0v) is 22.1. The van der Waals surface area contributed by atoms with Crippen LogP contribution in [-0.2, 0) is 6.54 Å². The van der Waals surface area contributed by atoms with E-state index < -0.39 is 0 Å². The van der Waals surface area contributed by atoms with Gasteiger partial charge in [0.15, 0.2) is 0 Å². The average molecular weight is 505 g/mol. The molecular formula is C29H40N6O2. The van der Waals surface area contributed by atoms with E-state index in [2.05, 4.69) is 33.6 Å². The van der Waals surface area contributed by atoms with Crippen LogP contribution in [0.5, 0.6) is 5.75 Å². The van der Waals surface area contributed by atoms with Crippen molar-refractivity contribution in [2.24, 2.45) is 23.2 Å². The summed E-state index contributed by atoms with van der Waals surface area (Å²) < 4.78 is 5.45. The smallest absolute Gasteiger partial charge is 0.224 e. The van der Waals surface area contributed by atoms with Crippen LogP contribution in [0.3, 0.4) is 0 Å². The minimum atomic E-state index is 0.279. The zero-order chi connectivity index (χ0) is 25.8. The number of nitrogens with one attached hydrogen (secondary N) is 2. The zero-order valence-electron chi connectivity index (χ0n) is 22.1. The molecule has 0 saturated heterocycles. The summed E-state index contributed by atoms with van der Waals surface area (Å²) in [6.07, 6.45) is 10.0. The highest BCUT2D eigenvalue weighted by Crippen LogP contribution is 2.61. The van der Waals surface area contributed by atoms with Crippen LogP contribution in [0.1, 0.15) is 56.1 Å². The maximum absolute atomic E-state index is 9.70. The summed E-state index contributed by atoms with van der Waals surface area (Å²) in [6.45, 7) is 2.76. The molecule has 4 fully saturated rings. The number of ether oxygens (including phenoxy) is 1. The second-order valence-corrected chi connectivity index (χ2v) is 11.5. The van der Waals surface area contributed by atoms with Gasteiger partial charge >= 0.3 is 0 Å². The molecule has 4 aliphatic carbocycles. The van der Waals surface area contributed by atoms with Crippen LogP contribution >= 0.6 is 0 Å². The topological polar surface area (TPSA) is 106 Å². The fraction of sp³-hybridized carbons (Fsp3) is 0.621. The van der Waals surface area contributed by atoms with E-state index in [1.54, 1.807) is 13.3 Å². The Morgan fingerprint density at radius 2 is 1.95 bits per heavy atom. The number of rotatable bonds is 12. The normalized spacial score (nSPS) is 27.8. The highest BCUT2D eigenvalue weighted by atomic mass is 16.5. The molecule has 4 aliphatic rings. The molecule has 8 heteroatoms. The first-order valence-corrected chi connectivity index (χ1v) is 13.7. The number of unbranched alkanes of at least 4 members (excludes halogenated alkanes) is 1. The number of aliphatic hydroxyl groups excluding tert-OH is 1. The highest BCUT2D eigenvalue weighted by molar-refractivity contribution is 5.53. The number of para-hydroxylation sites is 1. The summed E-state index contributed by atoms with van der Waals surface area (Å²) in [6, 6.07) is 10.8. The van der Waals surface area contributed by atoms with E-state index in [1.807, 2.05) is 24.3 Å². The number of hydrogen-bond acceptors (Lipinski definition) is 8. The molecule has 8 nitrogen and oxygen atoms in total. The maximum Gasteiger partial charge on any atom is 0.224 e. The Bertz CT molecular complexity index is 1100. The van der Waals surface area contributed by atoms with E-state index in [4.69, 9.17) is 9.72 Å². The first kappa shape index (κ1) is 25.7. The van der Waals surface area contributed by atoms with Gasteiger partial charge in [-0.25, -0.2) is 4.98 Å². The molecule has 3 N–H and O–H groups in total. The molecule has 1 heterocycles. The SMILES string of the molecule is COc1ccccc1CNc1ncc(C#N)c(NCC23CC4C[C@H](C2)[C@@H](N(C)CCCCO)[C@@H](C4)C3)n1. The van der Waals surface area contributed by atoms with Gasteiger partial charge < -0.3 is 25.4 Å². The number of anilines is 2. The molecular weight excluding hydrogens is 464 g/mol. The van der Waals surface area contributed by atoms with E-state index in [0.717, 1.165) is 55.0 Å². The first-order chi connectivity index (χ1) is 18.0. The van der Waals surface area contributed by atoms with Crippen molar-refractivity contribution in [3.63, 3.8) is 0 Å². The number of nitrogens with zero attached hydrogens (tertiary/aromatic N) is 4. The lowest BCUT2D eigenvalue weighted by Gasteiger charge is -2.62. The summed E-state index contributed by atoms with van der Waals surface area (Å²) in [5.41, 5.74) is 1.78. The van der Waals surface area contributed by atoms with Crippen LogP contribution in [0.15, 0.2) is 30.5 Å². The Balaban J connectivity index is 1.24. The molecule has 6 rings (SSSR count). The summed E-state index contributed by atoms with van der Waals surface area (Å²) in [7, 11) is 3.95. The van der Waals surface area contributed by atoms with Gasteiger partial charge in [-0.05, 0) is 87.8 Å². The van der Waals surface area contributed by atoms with Crippen molar-refractivity contribution in [3.05, 3.63) is 41.6 Å². The molecule has 0 amide bonds. The van der Waals surface area contributed by atoms with Gasteiger partial charge in [0, 0.05) is 31.3 Å². The van der Waals surface area contributed by atoms with Crippen LogP contribution in [0, 0.1) is 34.5 Å². The summed E-state index contributed by atoms with van der Waals surface area (Å²) in [4.78, 5) is 11.6. The molecule has 5 atom stereocenters. The van der Waals surface area contributed by atoms with E-state index >= 15 is 0 Å². The molecule has 198 valence electrons. The van der Waals surface area contributed by atoms with Crippen molar-refractivity contribution in [2.75, 3.05) is 44.5 Å². The lowest BCUT2D eigenvalue weighted by atomic mass is 9.47. The number of methoxy groups -OCH3 is 1. The van der Waals surface area contributed by atoms with Crippen molar-refractivity contribution < 1.29 is 9.84 Å². The fourth-order valence-electron chi connectivity index (χ4n) is 7.70. The number of aromatic nitrogens is 2. The predicted molar refractivity (Wildman–Crippen MR) is 144 cm³/mol. The maximum atomic E-state index is 9.70. The van der Waals surface area contributed by atoms with Crippen LogP contribution in [0.25, 0.3) is 0 Å². The van der Waals surface area contributed by atoms with E-state index in [1.165, 1.54) is 32.1 Å². The fourth-order valence-corrected chi connectivity index (χ4v) is 7.70.